The highest BCUT2D eigenvalue weighted by molar-refractivity contribution is 7.98. The molecule has 0 saturated carbocycles. The number of nitrogens with zero attached hydrogens (tertiary/aromatic N) is 2. The van der Waals surface area contributed by atoms with Crippen LogP contribution in [-0.2, 0) is 12.3 Å². The zero-order valence-electron chi connectivity index (χ0n) is 13.3. The number of fused-ring (bicyclic) bond motifs is 3. The number of ether oxygens (including phenoxy) is 1. The molecule has 1 aliphatic heterocycles. The molecular formula is C19H17N3OS. The second-order valence-corrected chi connectivity index (χ2v) is 6.57. The molecule has 0 radical (unpaired) electrons. The van der Waals surface area contributed by atoms with Crippen molar-refractivity contribution >= 4 is 17.7 Å². The summed E-state index contributed by atoms with van der Waals surface area (Å²) in [5.41, 5.74) is 4.58. The molecule has 1 aliphatic rings. The molecule has 2 aromatic carbocycles. The molecule has 120 valence electrons. The van der Waals surface area contributed by atoms with Gasteiger partial charge in [-0.2, -0.15) is 0 Å². The van der Waals surface area contributed by atoms with Crippen LogP contribution in [0.2, 0.25) is 0 Å². The highest BCUT2D eigenvalue weighted by Crippen LogP contribution is 2.40. The normalized spacial score (nSPS) is 12.2. The summed E-state index contributed by atoms with van der Waals surface area (Å²) in [4.78, 5) is 10.5. The molecule has 0 unspecified atom stereocenters. The minimum atomic E-state index is 0.659. The third-order valence-corrected chi connectivity index (χ3v) is 5.12. The van der Waals surface area contributed by atoms with Crippen LogP contribution in [0.4, 0.5) is 5.95 Å². The van der Waals surface area contributed by atoms with Crippen LogP contribution in [0.1, 0.15) is 11.1 Å². The highest BCUT2D eigenvalue weighted by Gasteiger charge is 2.18. The average Bonchev–Trinajstić information content (AvgIpc) is 2.66. The number of aromatic nitrogens is 2. The molecule has 1 aromatic heterocycles. The Morgan fingerprint density at radius 1 is 1.12 bits per heavy atom. The van der Waals surface area contributed by atoms with E-state index in [1.54, 1.807) is 7.11 Å². The first-order chi connectivity index (χ1) is 11.8. The van der Waals surface area contributed by atoms with E-state index < -0.39 is 0 Å². The molecule has 0 saturated heterocycles. The fraction of sp³-hybridized carbons (Fsp3) is 0.158. The molecule has 1 N–H and O–H groups in total. The van der Waals surface area contributed by atoms with Crippen molar-refractivity contribution in [2.75, 3.05) is 12.4 Å². The monoisotopic (exact) mass is 335 g/mol. The number of hydrogen-bond donors (Lipinski definition) is 1. The summed E-state index contributed by atoms with van der Waals surface area (Å²) in [6, 6.07) is 16.4. The molecule has 0 spiro atoms. The van der Waals surface area contributed by atoms with Gasteiger partial charge in [0.1, 0.15) is 5.75 Å². The summed E-state index contributed by atoms with van der Waals surface area (Å²) in [6.45, 7) is 0.680. The Morgan fingerprint density at radius 2 is 1.96 bits per heavy atom. The molecule has 0 amide bonds. The summed E-state index contributed by atoms with van der Waals surface area (Å²) < 4.78 is 5.18. The van der Waals surface area contributed by atoms with E-state index in [1.807, 2.05) is 42.2 Å². The Morgan fingerprint density at radius 3 is 2.79 bits per heavy atom. The van der Waals surface area contributed by atoms with E-state index in [4.69, 9.17) is 9.72 Å². The number of nitrogens with one attached hydrogen (secondary N) is 1. The van der Waals surface area contributed by atoms with Gasteiger partial charge in [-0.05, 0) is 23.8 Å². The molecule has 4 nitrogen and oxygen atoms in total. The number of hydrogen-bond acceptors (Lipinski definition) is 5. The molecule has 5 heteroatoms. The minimum absolute atomic E-state index is 0.659. The van der Waals surface area contributed by atoms with Gasteiger partial charge >= 0.3 is 0 Å². The van der Waals surface area contributed by atoms with Crippen molar-refractivity contribution < 1.29 is 4.74 Å². The third kappa shape index (κ3) is 2.95. The maximum atomic E-state index is 5.18. The fourth-order valence-corrected chi connectivity index (χ4v) is 3.72. The lowest BCUT2D eigenvalue weighted by molar-refractivity contribution is 0.414. The van der Waals surface area contributed by atoms with E-state index in [0.29, 0.717) is 12.5 Å². The number of methoxy groups -OCH3 is 1. The van der Waals surface area contributed by atoms with Gasteiger partial charge in [-0.15, -0.1) is 11.8 Å². The summed E-state index contributed by atoms with van der Waals surface area (Å²) in [6.07, 6.45) is 1.93. The molecule has 0 atom stereocenters. The van der Waals surface area contributed by atoms with Crippen LogP contribution in [-0.4, -0.2) is 17.1 Å². The SMILES string of the molecule is COc1ccc(CNc2ncc3c(n2)-c2ccccc2SC3)cc1. The summed E-state index contributed by atoms with van der Waals surface area (Å²) >= 11 is 1.84. The number of anilines is 1. The molecule has 0 aliphatic carbocycles. The Kier molecular flexibility index (Phi) is 4.09. The highest BCUT2D eigenvalue weighted by atomic mass is 32.2. The van der Waals surface area contributed by atoms with Crippen molar-refractivity contribution in [1.29, 1.82) is 0 Å². The largest absolute Gasteiger partial charge is 0.497 e. The molecule has 0 bridgehead atoms. The minimum Gasteiger partial charge on any atom is -0.497 e. The maximum absolute atomic E-state index is 5.18. The molecule has 3 aromatic rings. The topological polar surface area (TPSA) is 47.0 Å². The Balaban J connectivity index is 1.55. The van der Waals surface area contributed by atoms with Gasteiger partial charge in [0.15, 0.2) is 0 Å². The van der Waals surface area contributed by atoms with Gasteiger partial charge in [-0.3, -0.25) is 0 Å². The molecule has 4 rings (SSSR count). The second-order valence-electron chi connectivity index (χ2n) is 5.55. The molecule has 24 heavy (non-hydrogen) atoms. The Bertz CT molecular complexity index is 865. The van der Waals surface area contributed by atoms with E-state index in [-0.39, 0.29) is 0 Å². The van der Waals surface area contributed by atoms with Gasteiger partial charge in [0.05, 0.1) is 12.8 Å². The average molecular weight is 335 g/mol. The van der Waals surface area contributed by atoms with Gasteiger partial charge in [0.2, 0.25) is 5.95 Å². The Hall–Kier alpha value is -2.53. The van der Waals surface area contributed by atoms with Crippen LogP contribution < -0.4 is 10.1 Å². The maximum Gasteiger partial charge on any atom is 0.223 e. The lowest BCUT2D eigenvalue weighted by Crippen LogP contribution is -2.07. The third-order valence-electron chi connectivity index (χ3n) is 4.00. The predicted octanol–water partition coefficient (Wildman–Crippen LogP) is 4.37. The van der Waals surface area contributed by atoms with Crippen LogP contribution in [0.25, 0.3) is 11.3 Å². The van der Waals surface area contributed by atoms with Gasteiger partial charge < -0.3 is 10.1 Å². The lowest BCUT2D eigenvalue weighted by Gasteiger charge is -2.18. The van der Waals surface area contributed by atoms with Crippen molar-refractivity contribution in [3.05, 3.63) is 65.9 Å². The van der Waals surface area contributed by atoms with E-state index in [2.05, 4.69) is 34.6 Å². The standard InChI is InChI=1S/C19H17N3OS/c1-23-15-8-6-13(7-9-15)10-20-19-21-11-14-12-24-17-5-3-2-4-16(17)18(14)22-19/h2-9,11H,10,12H2,1H3,(H,20,21,22). The zero-order valence-corrected chi connectivity index (χ0v) is 14.1. The van der Waals surface area contributed by atoms with Crippen LogP contribution in [0.3, 0.4) is 0 Å². The number of thioether (sulfide) groups is 1. The van der Waals surface area contributed by atoms with Crippen molar-refractivity contribution in [3.63, 3.8) is 0 Å². The quantitative estimate of drug-likeness (QED) is 0.767. The number of benzene rings is 2. The first-order valence-electron chi connectivity index (χ1n) is 7.78. The molecule has 2 heterocycles. The summed E-state index contributed by atoms with van der Waals surface area (Å²) in [5, 5.41) is 3.31. The van der Waals surface area contributed by atoms with Crippen LogP contribution >= 0.6 is 11.8 Å². The van der Waals surface area contributed by atoms with Gasteiger partial charge in [0, 0.05) is 34.5 Å². The van der Waals surface area contributed by atoms with Gasteiger partial charge in [-0.1, -0.05) is 30.3 Å². The summed E-state index contributed by atoms with van der Waals surface area (Å²) in [7, 11) is 1.67. The van der Waals surface area contributed by atoms with Crippen molar-refractivity contribution in [2.45, 2.75) is 17.2 Å². The van der Waals surface area contributed by atoms with Crippen molar-refractivity contribution in [3.8, 4) is 17.0 Å². The fourth-order valence-electron chi connectivity index (χ4n) is 2.70. The van der Waals surface area contributed by atoms with E-state index >= 15 is 0 Å². The summed E-state index contributed by atoms with van der Waals surface area (Å²) in [5.74, 6) is 2.44. The van der Waals surface area contributed by atoms with Gasteiger partial charge in [-0.25, -0.2) is 9.97 Å². The van der Waals surface area contributed by atoms with E-state index in [0.717, 1.165) is 22.8 Å². The van der Waals surface area contributed by atoms with E-state index in [1.165, 1.54) is 16.0 Å². The van der Waals surface area contributed by atoms with Crippen molar-refractivity contribution in [2.24, 2.45) is 0 Å². The van der Waals surface area contributed by atoms with Crippen LogP contribution in [0, 0.1) is 0 Å². The van der Waals surface area contributed by atoms with Crippen LogP contribution in [0.5, 0.6) is 5.75 Å². The van der Waals surface area contributed by atoms with Crippen LogP contribution in [0.15, 0.2) is 59.6 Å². The Labute approximate surface area is 145 Å². The van der Waals surface area contributed by atoms with E-state index in [9.17, 15) is 0 Å². The van der Waals surface area contributed by atoms with Gasteiger partial charge in [0.25, 0.3) is 0 Å². The predicted molar refractivity (Wildman–Crippen MR) is 97.3 cm³/mol. The first-order valence-corrected chi connectivity index (χ1v) is 8.77. The lowest BCUT2D eigenvalue weighted by atomic mass is 10.1. The molecular weight excluding hydrogens is 318 g/mol. The number of rotatable bonds is 4. The zero-order chi connectivity index (χ0) is 16.4. The van der Waals surface area contributed by atoms with Crippen molar-refractivity contribution in [1.82, 2.24) is 9.97 Å². The smallest absolute Gasteiger partial charge is 0.223 e. The molecule has 0 fully saturated rings. The second kappa shape index (κ2) is 6.53. The first kappa shape index (κ1) is 15.0.